The van der Waals surface area contributed by atoms with Gasteiger partial charge in [-0.1, -0.05) is 109 Å². The maximum Gasteiger partial charge on any atom is 0.101 e. The Morgan fingerprint density at radius 2 is 1.18 bits per heavy atom. The fourth-order valence-corrected chi connectivity index (χ4v) is 5.93. The zero-order valence-electron chi connectivity index (χ0n) is 21.8. The first-order valence-corrected chi connectivity index (χ1v) is 13.5. The van der Waals surface area contributed by atoms with E-state index in [0.717, 1.165) is 16.8 Å². The van der Waals surface area contributed by atoms with Crippen LogP contribution < -0.4 is 0 Å². The Kier molecular flexibility index (Phi) is 5.79. The van der Waals surface area contributed by atoms with E-state index in [1.54, 1.807) is 0 Å². The fraction of sp³-hybridized carbons (Fsp3) is 0.0541. The molecule has 1 heterocycles. The smallest absolute Gasteiger partial charge is 0.101 e. The Labute approximate surface area is 228 Å². The highest BCUT2D eigenvalue weighted by molar-refractivity contribution is 6.09. The Balaban J connectivity index is 1.24. The molecular weight excluding hydrogens is 472 g/mol. The SMILES string of the molecule is C/C=C\C(=C/C=NC1c2ccccc2-c2ccccc21)c1ccc(-n2c3ccccc3c3ccccc32)cc1. The zero-order valence-corrected chi connectivity index (χ0v) is 21.8. The van der Waals surface area contributed by atoms with Gasteiger partial charge in [0.15, 0.2) is 0 Å². The maximum atomic E-state index is 5.04. The fourth-order valence-electron chi connectivity index (χ4n) is 5.93. The lowest BCUT2D eigenvalue weighted by Gasteiger charge is -2.10. The van der Waals surface area contributed by atoms with Crippen LogP contribution in [-0.4, -0.2) is 10.8 Å². The third-order valence-electron chi connectivity index (χ3n) is 7.68. The average Bonchev–Trinajstić information content (AvgIpc) is 3.50. The number of para-hydroxylation sites is 2. The second-order valence-electron chi connectivity index (χ2n) is 9.91. The first-order valence-electron chi connectivity index (χ1n) is 13.5. The van der Waals surface area contributed by atoms with Crippen LogP contribution >= 0.6 is 0 Å². The van der Waals surface area contributed by atoms with Gasteiger partial charge in [0.2, 0.25) is 0 Å². The highest BCUT2D eigenvalue weighted by Crippen LogP contribution is 2.45. The van der Waals surface area contributed by atoms with Crippen LogP contribution in [0.25, 0.3) is 44.2 Å². The van der Waals surface area contributed by atoms with Crippen molar-refractivity contribution >= 4 is 33.6 Å². The normalized spacial score (nSPS) is 13.6. The molecule has 0 saturated carbocycles. The second-order valence-corrected chi connectivity index (χ2v) is 9.91. The van der Waals surface area contributed by atoms with Crippen LogP contribution in [0.2, 0.25) is 0 Å². The molecule has 0 unspecified atom stereocenters. The lowest BCUT2D eigenvalue weighted by atomic mass is 10.0. The third-order valence-corrected chi connectivity index (χ3v) is 7.68. The standard InChI is InChI=1S/C37H28N2/c1-2-11-26(24-25-38-37-33-16-5-3-12-29(33)30-13-4-6-17-34(30)37)27-20-22-28(23-21-27)39-35-18-9-7-14-31(35)32-15-8-10-19-36(32)39/h2-25,37H,1H3/b11-2-,26-24+,38-25?. The number of fused-ring (bicyclic) bond motifs is 6. The Hall–Kier alpha value is -4.95. The molecule has 39 heavy (non-hydrogen) atoms. The molecule has 0 amide bonds. The largest absolute Gasteiger partial charge is 0.309 e. The van der Waals surface area contributed by atoms with Crippen LogP contribution in [0, 0.1) is 0 Å². The highest BCUT2D eigenvalue weighted by Gasteiger charge is 2.26. The minimum atomic E-state index is 0.0261. The first kappa shape index (κ1) is 23.2. The number of allylic oxidation sites excluding steroid dienone is 4. The summed E-state index contributed by atoms with van der Waals surface area (Å²) in [5.74, 6) is 0. The Bertz CT molecular complexity index is 1820. The molecule has 1 aliphatic rings. The zero-order chi connectivity index (χ0) is 26.2. The van der Waals surface area contributed by atoms with E-state index in [9.17, 15) is 0 Å². The topological polar surface area (TPSA) is 17.3 Å². The van der Waals surface area contributed by atoms with E-state index >= 15 is 0 Å². The molecule has 0 fully saturated rings. The molecule has 1 aromatic heterocycles. The Morgan fingerprint density at radius 3 is 1.77 bits per heavy atom. The van der Waals surface area contributed by atoms with Gasteiger partial charge in [-0.25, -0.2) is 0 Å². The molecule has 1 aliphatic carbocycles. The van der Waals surface area contributed by atoms with Gasteiger partial charge in [-0.3, -0.25) is 4.99 Å². The molecule has 0 aliphatic heterocycles. The molecule has 6 aromatic rings. The molecule has 0 saturated heterocycles. The lowest BCUT2D eigenvalue weighted by Crippen LogP contribution is -1.94. The quantitative estimate of drug-likeness (QED) is 0.166. The molecule has 2 nitrogen and oxygen atoms in total. The van der Waals surface area contributed by atoms with E-state index in [1.165, 1.54) is 44.1 Å². The van der Waals surface area contributed by atoms with E-state index in [1.807, 2.05) is 6.21 Å². The number of hydrogen-bond donors (Lipinski definition) is 0. The van der Waals surface area contributed by atoms with Gasteiger partial charge in [0.1, 0.15) is 6.04 Å². The third kappa shape index (κ3) is 3.93. The molecule has 0 spiro atoms. The molecule has 2 heteroatoms. The van der Waals surface area contributed by atoms with E-state index in [-0.39, 0.29) is 6.04 Å². The number of aromatic nitrogens is 1. The van der Waals surface area contributed by atoms with Crippen molar-refractivity contribution in [2.45, 2.75) is 13.0 Å². The van der Waals surface area contributed by atoms with Crippen LogP contribution in [0.4, 0.5) is 0 Å². The summed E-state index contributed by atoms with van der Waals surface area (Å²) < 4.78 is 2.35. The average molecular weight is 501 g/mol. The van der Waals surface area contributed by atoms with E-state index < -0.39 is 0 Å². The number of aliphatic imine (C=N–C) groups is 1. The maximum absolute atomic E-state index is 5.04. The molecular formula is C37H28N2. The van der Waals surface area contributed by atoms with Crippen molar-refractivity contribution in [2.75, 3.05) is 0 Å². The van der Waals surface area contributed by atoms with Crippen LogP contribution in [0.5, 0.6) is 0 Å². The van der Waals surface area contributed by atoms with Crippen LogP contribution in [0.1, 0.15) is 29.7 Å². The monoisotopic (exact) mass is 500 g/mol. The van der Waals surface area contributed by atoms with Crippen molar-refractivity contribution in [1.82, 2.24) is 4.57 Å². The van der Waals surface area contributed by atoms with Crippen molar-refractivity contribution in [3.8, 4) is 16.8 Å². The lowest BCUT2D eigenvalue weighted by molar-refractivity contribution is 0.909. The number of benzene rings is 5. The highest BCUT2D eigenvalue weighted by atomic mass is 15.0. The number of hydrogen-bond acceptors (Lipinski definition) is 1. The predicted molar refractivity (Wildman–Crippen MR) is 166 cm³/mol. The van der Waals surface area contributed by atoms with Crippen molar-refractivity contribution in [3.05, 3.63) is 156 Å². The summed E-state index contributed by atoms with van der Waals surface area (Å²) in [6, 6.07) is 43.3. The van der Waals surface area contributed by atoms with Gasteiger partial charge in [0, 0.05) is 22.7 Å². The van der Waals surface area contributed by atoms with Gasteiger partial charge in [-0.05, 0) is 70.7 Å². The van der Waals surface area contributed by atoms with Crippen molar-refractivity contribution < 1.29 is 0 Å². The molecule has 5 aromatic carbocycles. The van der Waals surface area contributed by atoms with Crippen LogP contribution in [0.3, 0.4) is 0 Å². The predicted octanol–water partition coefficient (Wildman–Crippen LogP) is 9.58. The summed E-state index contributed by atoms with van der Waals surface area (Å²) in [5, 5.41) is 2.55. The summed E-state index contributed by atoms with van der Waals surface area (Å²) in [5.41, 5.74) is 11.0. The number of rotatable bonds is 5. The van der Waals surface area contributed by atoms with E-state index in [4.69, 9.17) is 4.99 Å². The first-order chi connectivity index (χ1) is 19.3. The molecule has 7 rings (SSSR count). The molecule has 0 bridgehead atoms. The van der Waals surface area contributed by atoms with Crippen LogP contribution in [-0.2, 0) is 0 Å². The minimum absolute atomic E-state index is 0.0261. The summed E-state index contributed by atoms with van der Waals surface area (Å²) in [6.45, 7) is 2.06. The van der Waals surface area contributed by atoms with Gasteiger partial charge in [-0.2, -0.15) is 0 Å². The molecule has 0 N–H and O–H groups in total. The summed E-state index contributed by atoms with van der Waals surface area (Å²) in [7, 11) is 0. The van der Waals surface area contributed by atoms with Gasteiger partial charge in [0.25, 0.3) is 0 Å². The summed E-state index contributed by atoms with van der Waals surface area (Å²) in [6.07, 6.45) is 8.33. The van der Waals surface area contributed by atoms with Gasteiger partial charge in [0.05, 0.1) is 11.0 Å². The minimum Gasteiger partial charge on any atom is -0.309 e. The number of nitrogens with zero attached hydrogens (tertiary/aromatic N) is 2. The molecule has 186 valence electrons. The summed E-state index contributed by atoms with van der Waals surface area (Å²) in [4.78, 5) is 5.04. The van der Waals surface area contributed by atoms with E-state index in [0.29, 0.717) is 0 Å². The van der Waals surface area contributed by atoms with E-state index in [2.05, 4.69) is 151 Å². The van der Waals surface area contributed by atoms with Gasteiger partial charge >= 0.3 is 0 Å². The molecule has 0 radical (unpaired) electrons. The van der Waals surface area contributed by atoms with Crippen LogP contribution in [0.15, 0.2) is 145 Å². The second kappa shape index (κ2) is 9.74. The van der Waals surface area contributed by atoms with Crippen molar-refractivity contribution in [3.63, 3.8) is 0 Å². The van der Waals surface area contributed by atoms with Crippen molar-refractivity contribution in [2.24, 2.45) is 4.99 Å². The Morgan fingerprint density at radius 1 is 0.641 bits per heavy atom. The van der Waals surface area contributed by atoms with Crippen molar-refractivity contribution in [1.29, 1.82) is 0 Å². The van der Waals surface area contributed by atoms with Gasteiger partial charge < -0.3 is 4.57 Å². The summed E-state index contributed by atoms with van der Waals surface area (Å²) >= 11 is 0. The molecule has 0 atom stereocenters. The van der Waals surface area contributed by atoms with Gasteiger partial charge in [-0.15, -0.1) is 0 Å².